The summed E-state index contributed by atoms with van der Waals surface area (Å²) in [6.07, 6.45) is -0.868. The molecule has 5 atom stereocenters. The van der Waals surface area contributed by atoms with Gasteiger partial charge in [0.1, 0.15) is 29.7 Å². The SMILES string of the molecule is CC(=O)SCCOP(=O)(OC[C@H]1O[C@@H](n2cnc3c(Cl)ncnc32)[C@](C)(O)[C@@H]1O)N(C)C. The zero-order valence-corrected chi connectivity index (χ0v) is 20.4. The Labute approximate surface area is 193 Å². The number of carbonyl (C=O) groups is 1. The van der Waals surface area contributed by atoms with Gasteiger partial charge in [-0.15, -0.1) is 0 Å². The predicted octanol–water partition coefficient (Wildman–Crippen LogP) is 1.47. The second-order valence-corrected chi connectivity index (χ2v) is 11.4. The minimum atomic E-state index is -3.72. The average molecular weight is 510 g/mol. The van der Waals surface area contributed by atoms with E-state index in [0.717, 1.165) is 11.8 Å². The molecule has 0 aliphatic carbocycles. The zero-order chi connectivity index (χ0) is 23.7. The molecule has 12 nitrogen and oxygen atoms in total. The zero-order valence-electron chi connectivity index (χ0n) is 17.9. The molecule has 3 rings (SSSR count). The third-order valence-electron chi connectivity index (χ3n) is 4.86. The molecular weight excluding hydrogens is 485 g/mol. The van der Waals surface area contributed by atoms with Gasteiger partial charge < -0.3 is 14.9 Å². The van der Waals surface area contributed by atoms with Crippen LogP contribution < -0.4 is 0 Å². The molecule has 2 aromatic rings. The average Bonchev–Trinajstić information content (AvgIpc) is 3.24. The minimum Gasteiger partial charge on any atom is -0.387 e. The number of hydrogen-bond acceptors (Lipinski definition) is 11. The number of ether oxygens (including phenoxy) is 1. The van der Waals surface area contributed by atoms with Crippen LogP contribution in [-0.4, -0.2) is 90.4 Å². The van der Waals surface area contributed by atoms with Crippen molar-refractivity contribution < 1.29 is 33.4 Å². The van der Waals surface area contributed by atoms with Crippen LogP contribution in [0, 0.1) is 0 Å². The van der Waals surface area contributed by atoms with Crippen molar-refractivity contribution in [2.75, 3.05) is 33.1 Å². The third kappa shape index (κ3) is 5.16. The summed E-state index contributed by atoms with van der Waals surface area (Å²) in [6.45, 7) is 2.52. The van der Waals surface area contributed by atoms with Crippen molar-refractivity contribution in [3.8, 4) is 0 Å². The van der Waals surface area contributed by atoms with Gasteiger partial charge in [0.05, 0.1) is 19.5 Å². The van der Waals surface area contributed by atoms with Crippen molar-refractivity contribution >= 4 is 47.4 Å². The van der Waals surface area contributed by atoms with Gasteiger partial charge in [0.15, 0.2) is 22.1 Å². The second kappa shape index (κ2) is 10.00. The van der Waals surface area contributed by atoms with Gasteiger partial charge in [0, 0.05) is 12.7 Å². The van der Waals surface area contributed by atoms with E-state index in [1.165, 1.54) is 49.8 Å². The maximum absolute atomic E-state index is 13.0. The van der Waals surface area contributed by atoms with E-state index >= 15 is 0 Å². The summed E-state index contributed by atoms with van der Waals surface area (Å²) >= 11 is 7.08. The molecule has 1 fully saturated rings. The molecule has 0 saturated carbocycles. The Kier molecular flexibility index (Phi) is 7.96. The van der Waals surface area contributed by atoms with Crippen LogP contribution in [0.15, 0.2) is 12.7 Å². The van der Waals surface area contributed by atoms with Gasteiger partial charge in [-0.25, -0.2) is 24.2 Å². The van der Waals surface area contributed by atoms with E-state index < -0.39 is 31.8 Å². The first-order chi connectivity index (χ1) is 15.0. The highest BCUT2D eigenvalue weighted by Crippen LogP contribution is 2.51. The Hall–Kier alpha value is -1.15. The molecule has 1 aliphatic heterocycles. The van der Waals surface area contributed by atoms with E-state index in [1.807, 2.05) is 0 Å². The summed E-state index contributed by atoms with van der Waals surface area (Å²) in [5, 5.41) is 21.7. The predicted molar refractivity (Wildman–Crippen MR) is 117 cm³/mol. The molecule has 0 amide bonds. The smallest absolute Gasteiger partial charge is 0.387 e. The van der Waals surface area contributed by atoms with Crippen molar-refractivity contribution in [1.82, 2.24) is 24.2 Å². The number of aromatic nitrogens is 4. The van der Waals surface area contributed by atoms with Crippen LogP contribution in [0.1, 0.15) is 20.1 Å². The number of aliphatic hydroxyl groups is 2. The monoisotopic (exact) mass is 509 g/mol. The number of thioether (sulfide) groups is 1. The molecule has 2 aromatic heterocycles. The quantitative estimate of drug-likeness (QED) is 0.286. The molecule has 0 spiro atoms. The molecule has 15 heteroatoms. The van der Waals surface area contributed by atoms with Crippen molar-refractivity contribution in [2.45, 2.75) is 37.9 Å². The molecule has 32 heavy (non-hydrogen) atoms. The number of halogens is 1. The number of hydrogen-bond donors (Lipinski definition) is 2. The fraction of sp³-hybridized carbons (Fsp3) is 0.647. The van der Waals surface area contributed by atoms with Crippen LogP contribution in [0.4, 0.5) is 0 Å². The van der Waals surface area contributed by atoms with Gasteiger partial charge in [-0.1, -0.05) is 23.4 Å². The first-order valence-corrected chi connectivity index (χ1v) is 12.4. The van der Waals surface area contributed by atoms with Gasteiger partial charge in [-0.05, 0) is 21.0 Å². The summed E-state index contributed by atoms with van der Waals surface area (Å²) < 4.78 is 32.5. The van der Waals surface area contributed by atoms with E-state index in [0.29, 0.717) is 16.9 Å². The number of imidazole rings is 1. The molecule has 178 valence electrons. The van der Waals surface area contributed by atoms with Gasteiger partial charge in [0.2, 0.25) is 0 Å². The topological polar surface area (TPSA) is 149 Å². The minimum absolute atomic E-state index is 0.0234. The van der Waals surface area contributed by atoms with Gasteiger partial charge in [-0.2, -0.15) is 0 Å². The highest BCUT2D eigenvalue weighted by molar-refractivity contribution is 8.13. The number of fused-ring (bicyclic) bond motifs is 1. The fourth-order valence-corrected chi connectivity index (χ4v) is 5.09. The van der Waals surface area contributed by atoms with E-state index in [1.54, 1.807) is 0 Å². The molecule has 1 aliphatic rings. The van der Waals surface area contributed by atoms with E-state index in [9.17, 15) is 19.6 Å². The Morgan fingerprint density at radius 1 is 1.41 bits per heavy atom. The van der Waals surface area contributed by atoms with E-state index in [4.69, 9.17) is 25.4 Å². The maximum atomic E-state index is 13.0. The van der Waals surface area contributed by atoms with Crippen molar-refractivity contribution in [2.24, 2.45) is 0 Å². The number of rotatable bonds is 9. The molecule has 2 N–H and O–H groups in total. The largest absolute Gasteiger partial charge is 0.407 e. The lowest BCUT2D eigenvalue weighted by Crippen LogP contribution is -2.44. The summed E-state index contributed by atoms with van der Waals surface area (Å²) in [4.78, 5) is 23.2. The van der Waals surface area contributed by atoms with E-state index in [2.05, 4.69) is 15.0 Å². The summed E-state index contributed by atoms with van der Waals surface area (Å²) in [5.41, 5.74) is -1.12. The Balaban J connectivity index is 1.72. The maximum Gasteiger partial charge on any atom is 0.407 e. The Morgan fingerprint density at radius 3 is 2.78 bits per heavy atom. The highest BCUT2D eigenvalue weighted by atomic mass is 35.5. The van der Waals surface area contributed by atoms with Crippen LogP contribution in [-0.2, 0) is 23.1 Å². The Morgan fingerprint density at radius 2 is 2.12 bits per heavy atom. The van der Waals surface area contributed by atoms with Crippen LogP contribution in [0.3, 0.4) is 0 Å². The molecule has 0 bridgehead atoms. The lowest BCUT2D eigenvalue weighted by molar-refractivity contribution is -0.109. The molecule has 3 heterocycles. The summed E-state index contributed by atoms with van der Waals surface area (Å²) in [6, 6.07) is 0. The van der Waals surface area contributed by atoms with Crippen LogP contribution in [0.25, 0.3) is 11.2 Å². The first-order valence-electron chi connectivity index (χ1n) is 9.56. The summed E-state index contributed by atoms with van der Waals surface area (Å²) in [7, 11) is -0.681. The van der Waals surface area contributed by atoms with Crippen molar-refractivity contribution in [1.29, 1.82) is 0 Å². The van der Waals surface area contributed by atoms with Crippen molar-refractivity contribution in [3.63, 3.8) is 0 Å². The highest BCUT2D eigenvalue weighted by Gasteiger charge is 2.54. The first kappa shape index (κ1) is 25.5. The fourth-order valence-electron chi connectivity index (χ4n) is 3.15. The Bertz CT molecular complexity index is 1020. The molecule has 1 unspecified atom stereocenters. The normalized spacial score (nSPS) is 27.8. The molecule has 1 saturated heterocycles. The van der Waals surface area contributed by atoms with Crippen LogP contribution in [0.2, 0.25) is 5.15 Å². The van der Waals surface area contributed by atoms with Crippen molar-refractivity contribution in [3.05, 3.63) is 17.8 Å². The third-order valence-corrected chi connectivity index (χ3v) is 7.87. The lowest BCUT2D eigenvalue weighted by Gasteiger charge is -2.27. The lowest BCUT2D eigenvalue weighted by atomic mass is 9.96. The molecular formula is C17H25ClN5O7PS. The van der Waals surface area contributed by atoms with E-state index in [-0.39, 0.29) is 23.5 Å². The summed E-state index contributed by atoms with van der Waals surface area (Å²) in [5.74, 6) is 0.313. The van der Waals surface area contributed by atoms with Gasteiger partial charge in [0.25, 0.3) is 0 Å². The van der Waals surface area contributed by atoms with Gasteiger partial charge >= 0.3 is 7.75 Å². The van der Waals surface area contributed by atoms with Crippen LogP contribution >= 0.6 is 31.1 Å². The van der Waals surface area contributed by atoms with Crippen LogP contribution in [0.5, 0.6) is 0 Å². The second-order valence-electron chi connectivity index (χ2n) is 7.47. The molecule has 0 aromatic carbocycles. The number of nitrogens with zero attached hydrogens (tertiary/aromatic N) is 5. The number of carbonyl (C=O) groups excluding carboxylic acids is 1. The molecule has 0 radical (unpaired) electrons. The standard InChI is InChI=1S/C17H25ClN5O7PS/c1-10(24)32-6-5-28-31(27,22(3)4)29-7-11-13(25)17(2,26)16(30-11)23-9-21-12-14(18)19-8-20-15(12)23/h8-9,11,13,16,25-26H,5-7H2,1-4H3/t11-,13-,16-,17-,31?/m1/s1. The van der Waals surface area contributed by atoms with Gasteiger partial charge in [-0.3, -0.25) is 18.4 Å². The number of aliphatic hydroxyl groups excluding tert-OH is 1.